The lowest BCUT2D eigenvalue weighted by Gasteiger charge is -2.36. The number of rotatable bonds is 5. The standard InChI is InChI=1S/C22H20F2N8O2S/c1-34-18-9-26-17(8-27-18)19(33)31-14-2-3-16(24)15(4-14)22-11-32(21-29-6-13(23)7-30-21)10-12(22)5-28-20(25)35-22/h2-4,6-9,12H,5,10-11H2,1H3,(H2,25,28)(H,31,33)/t12-,22-/m0/s1. The highest BCUT2D eigenvalue weighted by molar-refractivity contribution is 8.14. The number of hydrogen-bond donors (Lipinski definition) is 2. The molecule has 1 amide bonds. The Bertz CT molecular complexity index is 1290. The van der Waals surface area contributed by atoms with E-state index < -0.39 is 22.3 Å². The summed E-state index contributed by atoms with van der Waals surface area (Å²) < 4.78 is 32.8. The van der Waals surface area contributed by atoms with Crippen LogP contribution in [0.5, 0.6) is 5.88 Å². The Labute approximate surface area is 203 Å². The number of fused-ring (bicyclic) bond motifs is 1. The van der Waals surface area contributed by atoms with Gasteiger partial charge < -0.3 is 20.7 Å². The summed E-state index contributed by atoms with van der Waals surface area (Å²) in [7, 11) is 1.45. The van der Waals surface area contributed by atoms with Crippen LogP contribution in [0.25, 0.3) is 0 Å². The normalized spacial score (nSPS) is 21.3. The first-order chi connectivity index (χ1) is 16.9. The van der Waals surface area contributed by atoms with Crippen LogP contribution in [-0.4, -0.2) is 57.8 Å². The van der Waals surface area contributed by atoms with Gasteiger partial charge in [0.25, 0.3) is 5.91 Å². The zero-order chi connectivity index (χ0) is 24.6. The van der Waals surface area contributed by atoms with Crippen molar-refractivity contribution in [3.63, 3.8) is 0 Å². The fourth-order valence-electron chi connectivity index (χ4n) is 4.27. The number of ether oxygens (including phenoxy) is 1. The van der Waals surface area contributed by atoms with E-state index in [1.54, 1.807) is 6.07 Å². The zero-order valence-electron chi connectivity index (χ0n) is 18.5. The Balaban J connectivity index is 1.46. The molecule has 2 aliphatic heterocycles. The minimum absolute atomic E-state index is 0.0802. The number of benzene rings is 1. The molecule has 0 spiro atoms. The Morgan fingerprint density at radius 2 is 2.00 bits per heavy atom. The van der Waals surface area contributed by atoms with Crippen LogP contribution >= 0.6 is 11.8 Å². The van der Waals surface area contributed by atoms with Crippen molar-refractivity contribution in [2.75, 3.05) is 37.0 Å². The molecule has 35 heavy (non-hydrogen) atoms. The molecule has 2 aliphatic rings. The van der Waals surface area contributed by atoms with Gasteiger partial charge in [-0.1, -0.05) is 11.8 Å². The van der Waals surface area contributed by atoms with Crippen LogP contribution in [0.3, 0.4) is 0 Å². The molecule has 0 aliphatic carbocycles. The summed E-state index contributed by atoms with van der Waals surface area (Å²) in [4.78, 5) is 35.1. The first-order valence-electron chi connectivity index (χ1n) is 10.6. The molecule has 180 valence electrons. The maximum Gasteiger partial charge on any atom is 0.275 e. The number of hydrogen-bond acceptors (Lipinski definition) is 10. The Morgan fingerprint density at radius 1 is 1.20 bits per heavy atom. The van der Waals surface area contributed by atoms with Gasteiger partial charge in [0.15, 0.2) is 11.0 Å². The second-order valence-corrected chi connectivity index (χ2v) is 9.39. The van der Waals surface area contributed by atoms with Crippen LogP contribution in [0, 0.1) is 17.6 Å². The number of carbonyl (C=O) groups is 1. The van der Waals surface area contributed by atoms with Gasteiger partial charge in [0.05, 0.1) is 36.6 Å². The van der Waals surface area contributed by atoms with E-state index in [4.69, 9.17) is 10.5 Å². The smallest absolute Gasteiger partial charge is 0.275 e. The van der Waals surface area contributed by atoms with E-state index in [1.807, 2.05) is 4.90 Å². The van der Waals surface area contributed by atoms with E-state index in [2.05, 4.69) is 30.2 Å². The molecule has 1 aromatic carbocycles. The monoisotopic (exact) mass is 498 g/mol. The number of aromatic nitrogens is 4. The van der Waals surface area contributed by atoms with Crippen LogP contribution in [-0.2, 0) is 4.75 Å². The molecule has 4 heterocycles. The lowest BCUT2D eigenvalue weighted by Crippen LogP contribution is -2.40. The van der Waals surface area contributed by atoms with Crippen LogP contribution in [0.2, 0.25) is 0 Å². The largest absolute Gasteiger partial charge is 0.480 e. The summed E-state index contributed by atoms with van der Waals surface area (Å²) in [6.07, 6.45) is 4.81. The van der Waals surface area contributed by atoms with Gasteiger partial charge in [-0.15, -0.1) is 0 Å². The van der Waals surface area contributed by atoms with Crippen LogP contribution in [0.1, 0.15) is 16.1 Å². The van der Waals surface area contributed by atoms with Gasteiger partial charge in [0.2, 0.25) is 11.8 Å². The third-order valence-electron chi connectivity index (χ3n) is 5.92. The quantitative estimate of drug-likeness (QED) is 0.543. The molecule has 13 heteroatoms. The Hall–Kier alpha value is -3.87. The van der Waals surface area contributed by atoms with Gasteiger partial charge in [0.1, 0.15) is 11.5 Å². The van der Waals surface area contributed by atoms with Crippen molar-refractivity contribution >= 4 is 34.5 Å². The van der Waals surface area contributed by atoms with Crippen molar-refractivity contribution in [2.45, 2.75) is 4.75 Å². The molecule has 0 unspecified atom stereocenters. The molecule has 0 bridgehead atoms. The number of thioether (sulfide) groups is 1. The number of aliphatic imine (C=N–C) groups is 1. The Kier molecular flexibility index (Phi) is 5.93. The molecule has 1 saturated heterocycles. The first-order valence-corrected chi connectivity index (χ1v) is 11.4. The van der Waals surface area contributed by atoms with Gasteiger partial charge in [-0.2, -0.15) is 0 Å². The Morgan fingerprint density at radius 3 is 2.71 bits per heavy atom. The maximum atomic E-state index is 15.3. The molecule has 2 aromatic heterocycles. The molecule has 1 fully saturated rings. The molecule has 3 aromatic rings. The van der Waals surface area contributed by atoms with Gasteiger partial charge in [-0.25, -0.2) is 28.7 Å². The topological polar surface area (TPSA) is 132 Å². The van der Waals surface area contributed by atoms with E-state index in [0.717, 1.165) is 12.4 Å². The number of carbonyl (C=O) groups excluding carboxylic acids is 1. The predicted octanol–water partition coefficient (Wildman–Crippen LogP) is 2.20. The van der Waals surface area contributed by atoms with E-state index in [-0.39, 0.29) is 17.5 Å². The van der Waals surface area contributed by atoms with Gasteiger partial charge in [0, 0.05) is 36.8 Å². The maximum absolute atomic E-state index is 15.3. The SMILES string of the molecule is COc1cnc(C(=O)Nc2ccc(F)c([C@]34CN(c5ncc(F)cn5)C[C@@H]3CN=C(N)S4)c2)cn1. The summed E-state index contributed by atoms with van der Waals surface area (Å²) in [5.41, 5.74) is 6.92. The van der Waals surface area contributed by atoms with Crippen molar-refractivity contribution in [3.05, 3.63) is 65.9 Å². The van der Waals surface area contributed by atoms with Crippen LogP contribution in [0.15, 0.2) is 48.0 Å². The third-order valence-corrected chi connectivity index (χ3v) is 7.30. The summed E-state index contributed by atoms with van der Waals surface area (Å²) in [6.45, 7) is 1.18. The zero-order valence-corrected chi connectivity index (χ0v) is 19.3. The number of halogens is 2. The molecule has 10 nitrogen and oxygen atoms in total. The van der Waals surface area contributed by atoms with Gasteiger partial charge >= 0.3 is 0 Å². The highest BCUT2D eigenvalue weighted by atomic mass is 32.2. The fourth-order valence-corrected chi connectivity index (χ4v) is 5.59. The van der Waals surface area contributed by atoms with Crippen molar-refractivity contribution in [2.24, 2.45) is 16.6 Å². The van der Waals surface area contributed by atoms with Crippen molar-refractivity contribution in [3.8, 4) is 5.88 Å². The number of amides is 1. The molecule has 5 rings (SSSR count). The molecule has 3 N–H and O–H groups in total. The minimum atomic E-state index is -0.811. The number of nitrogens with zero attached hydrogens (tertiary/aromatic N) is 6. The number of methoxy groups -OCH3 is 1. The molecule has 2 atom stereocenters. The number of anilines is 2. The van der Waals surface area contributed by atoms with Gasteiger partial charge in [-0.3, -0.25) is 9.79 Å². The molecule has 0 radical (unpaired) electrons. The van der Waals surface area contributed by atoms with E-state index in [1.165, 1.54) is 43.4 Å². The number of amidine groups is 1. The minimum Gasteiger partial charge on any atom is -0.480 e. The summed E-state index contributed by atoms with van der Waals surface area (Å²) in [5.74, 6) is -1.000. The van der Waals surface area contributed by atoms with E-state index in [9.17, 15) is 9.18 Å². The molecular weight excluding hydrogens is 478 g/mol. The lowest BCUT2D eigenvalue weighted by atomic mass is 9.87. The van der Waals surface area contributed by atoms with Crippen LogP contribution < -0.4 is 20.7 Å². The van der Waals surface area contributed by atoms with Crippen molar-refractivity contribution in [1.82, 2.24) is 19.9 Å². The summed E-state index contributed by atoms with van der Waals surface area (Å²) in [5, 5.41) is 3.08. The highest BCUT2D eigenvalue weighted by Crippen LogP contribution is 2.52. The average Bonchev–Trinajstić information content (AvgIpc) is 3.25. The summed E-state index contributed by atoms with van der Waals surface area (Å²) in [6, 6.07) is 4.37. The second kappa shape index (κ2) is 9.06. The van der Waals surface area contributed by atoms with E-state index in [0.29, 0.717) is 42.0 Å². The van der Waals surface area contributed by atoms with Crippen LogP contribution in [0.4, 0.5) is 20.4 Å². The second-order valence-electron chi connectivity index (χ2n) is 8.04. The summed E-state index contributed by atoms with van der Waals surface area (Å²) >= 11 is 1.27. The average molecular weight is 499 g/mol. The van der Waals surface area contributed by atoms with Crippen molar-refractivity contribution in [1.29, 1.82) is 0 Å². The lowest BCUT2D eigenvalue weighted by molar-refractivity contribution is 0.102. The number of nitrogens with one attached hydrogen (secondary N) is 1. The van der Waals surface area contributed by atoms with Crippen molar-refractivity contribution < 1.29 is 18.3 Å². The van der Waals surface area contributed by atoms with Gasteiger partial charge in [-0.05, 0) is 18.2 Å². The fraction of sp³-hybridized carbons (Fsp3) is 0.273. The highest BCUT2D eigenvalue weighted by Gasteiger charge is 2.52. The molecular formula is C22H20F2N8O2S. The predicted molar refractivity (Wildman–Crippen MR) is 126 cm³/mol. The molecule has 0 saturated carbocycles. The number of nitrogens with two attached hydrogens (primary N) is 1. The van der Waals surface area contributed by atoms with E-state index >= 15 is 4.39 Å². The first kappa shape index (κ1) is 22.9. The third kappa shape index (κ3) is 4.34.